The Labute approximate surface area is 167 Å². The molecule has 0 aliphatic carbocycles. The summed E-state index contributed by atoms with van der Waals surface area (Å²) < 4.78 is 23.9. The first-order valence-corrected chi connectivity index (χ1v) is 8.93. The van der Waals surface area contributed by atoms with Gasteiger partial charge in [-0.05, 0) is 38.8 Å². The van der Waals surface area contributed by atoms with Crippen LogP contribution in [0.5, 0.6) is 0 Å². The molecule has 1 aromatic rings. The lowest BCUT2D eigenvalue weighted by molar-refractivity contribution is -0.384. The number of methoxy groups -OCH3 is 1. The number of benzene rings is 1. The highest BCUT2D eigenvalue weighted by Crippen LogP contribution is 2.41. The average Bonchev–Trinajstić information content (AvgIpc) is 2.65. The van der Waals surface area contributed by atoms with Crippen molar-refractivity contribution < 1.29 is 28.4 Å². The predicted octanol–water partition coefficient (Wildman–Crippen LogP) is 3.21. The molecular weight excluding hydrogens is 383 g/mol. The number of allylic oxidation sites excluding steroid dienone is 2. The van der Waals surface area contributed by atoms with Gasteiger partial charge in [0.2, 0.25) is 0 Å². The number of hydrogen-bond donors (Lipinski definition) is 1. The number of hydrogen-bond acceptors (Lipinski definition) is 7. The molecule has 1 aliphatic rings. The van der Waals surface area contributed by atoms with Gasteiger partial charge in [0, 0.05) is 17.8 Å². The Kier molecular flexibility index (Phi) is 6.73. The van der Waals surface area contributed by atoms with Crippen LogP contribution in [0.2, 0.25) is 0 Å². The largest absolute Gasteiger partial charge is 0.466 e. The quantitative estimate of drug-likeness (QED) is 0.439. The van der Waals surface area contributed by atoms with Gasteiger partial charge >= 0.3 is 11.9 Å². The van der Waals surface area contributed by atoms with Gasteiger partial charge in [-0.1, -0.05) is 6.07 Å². The Morgan fingerprint density at radius 1 is 1.24 bits per heavy atom. The van der Waals surface area contributed by atoms with Crippen molar-refractivity contribution in [1.82, 2.24) is 5.32 Å². The van der Waals surface area contributed by atoms with Gasteiger partial charge in [0.15, 0.2) is 0 Å². The highest BCUT2D eigenvalue weighted by molar-refractivity contribution is 6.00. The van der Waals surface area contributed by atoms with Gasteiger partial charge in [-0.25, -0.2) is 14.0 Å². The molecule has 0 aromatic heterocycles. The molecule has 0 saturated heterocycles. The van der Waals surface area contributed by atoms with E-state index in [4.69, 9.17) is 9.47 Å². The van der Waals surface area contributed by atoms with Crippen molar-refractivity contribution in [2.24, 2.45) is 0 Å². The number of carbonyl (C=O) groups excluding carboxylic acids is 2. The second kappa shape index (κ2) is 8.85. The molecule has 9 heteroatoms. The van der Waals surface area contributed by atoms with E-state index in [1.807, 2.05) is 0 Å². The van der Waals surface area contributed by atoms with E-state index in [-0.39, 0.29) is 22.5 Å². The second-order valence-corrected chi connectivity index (χ2v) is 6.87. The maximum atomic E-state index is 13.8. The molecule has 0 bridgehead atoms. The summed E-state index contributed by atoms with van der Waals surface area (Å²) in [7, 11) is 1.14. The van der Waals surface area contributed by atoms with Crippen LogP contribution in [-0.4, -0.2) is 36.8 Å². The molecular formula is C20H23FN2O6. The monoisotopic (exact) mass is 406 g/mol. The van der Waals surface area contributed by atoms with Crippen LogP contribution in [0.15, 0.2) is 40.7 Å². The van der Waals surface area contributed by atoms with Gasteiger partial charge in [0.1, 0.15) is 6.67 Å². The first kappa shape index (κ1) is 22.1. The van der Waals surface area contributed by atoms with Crippen molar-refractivity contribution in [3.63, 3.8) is 0 Å². The summed E-state index contributed by atoms with van der Waals surface area (Å²) in [6.07, 6.45) is -0.442. The summed E-state index contributed by atoms with van der Waals surface area (Å²) in [4.78, 5) is 36.1. The third-order valence-corrected chi connectivity index (χ3v) is 4.53. The second-order valence-electron chi connectivity index (χ2n) is 6.87. The zero-order valence-corrected chi connectivity index (χ0v) is 16.9. The fraction of sp³-hybridized carbons (Fsp3) is 0.400. The minimum Gasteiger partial charge on any atom is -0.466 e. The number of nitro benzene ring substituents is 1. The maximum absolute atomic E-state index is 13.8. The van der Waals surface area contributed by atoms with Crippen LogP contribution in [0, 0.1) is 17.0 Å². The van der Waals surface area contributed by atoms with Gasteiger partial charge in [-0.2, -0.15) is 0 Å². The topological polar surface area (TPSA) is 108 Å². The van der Waals surface area contributed by atoms with Crippen molar-refractivity contribution in [3.8, 4) is 0 Å². The van der Waals surface area contributed by atoms with Crippen LogP contribution in [0.4, 0.5) is 10.1 Å². The number of dihydropyridines is 1. The van der Waals surface area contributed by atoms with Gasteiger partial charge < -0.3 is 14.8 Å². The maximum Gasteiger partial charge on any atom is 0.337 e. The van der Waals surface area contributed by atoms with Crippen LogP contribution < -0.4 is 5.32 Å². The number of aryl methyl sites for hydroxylation is 1. The molecule has 156 valence electrons. The third kappa shape index (κ3) is 4.44. The molecule has 0 amide bonds. The lowest BCUT2D eigenvalue weighted by atomic mass is 9.78. The SMILES string of the molecule is COC(=O)C1=C(CF)NC(C)=C(C(=O)OC(C)C)C1c1cc([N+](=O)[O-])ccc1C. The summed E-state index contributed by atoms with van der Waals surface area (Å²) in [6, 6.07) is 4.11. The van der Waals surface area contributed by atoms with E-state index < -0.39 is 35.6 Å². The van der Waals surface area contributed by atoms with Gasteiger partial charge in [-0.15, -0.1) is 0 Å². The fourth-order valence-electron chi connectivity index (χ4n) is 3.26. The number of esters is 2. The molecule has 29 heavy (non-hydrogen) atoms. The highest BCUT2D eigenvalue weighted by atomic mass is 19.1. The van der Waals surface area contributed by atoms with E-state index in [2.05, 4.69) is 5.32 Å². The predicted molar refractivity (Wildman–Crippen MR) is 103 cm³/mol. The number of halogens is 1. The van der Waals surface area contributed by atoms with Crippen LogP contribution in [-0.2, 0) is 19.1 Å². The number of non-ortho nitro benzene ring substituents is 1. The number of nitrogens with zero attached hydrogens (tertiary/aromatic N) is 1. The number of alkyl halides is 1. The summed E-state index contributed by atoms with van der Waals surface area (Å²) >= 11 is 0. The summed E-state index contributed by atoms with van der Waals surface area (Å²) in [5.74, 6) is -2.63. The Balaban J connectivity index is 2.82. The van der Waals surface area contributed by atoms with Crippen molar-refractivity contribution in [2.75, 3.05) is 13.8 Å². The van der Waals surface area contributed by atoms with E-state index in [1.54, 1.807) is 27.7 Å². The number of nitrogens with one attached hydrogen (secondary N) is 1. The van der Waals surface area contributed by atoms with Crippen molar-refractivity contribution in [1.29, 1.82) is 0 Å². The first-order chi connectivity index (χ1) is 13.6. The molecule has 1 N–H and O–H groups in total. The van der Waals surface area contributed by atoms with Crippen LogP contribution >= 0.6 is 0 Å². The molecule has 2 rings (SSSR count). The molecule has 0 radical (unpaired) electrons. The molecule has 0 saturated carbocycles. The molecule has 8 nitrogen and oxygen atoms in total. The van der Waals surface area contributed by atoms with Crippen LogP contribution in [0.3, 0.4) is 0 Å². The molecule has 1 atom stereocenters. The zero-order chi connectivity index (χ0) is 21.9. The highest BCUT2D eigenvalue weighted by Gasteiger charge is 2.40. The Hall–Kier alpha value is -3.23. The number of carbonyl (C=O) groups is 2. The third-order valence-electron chi connectivity index (χ3n) is 4.53. The molecule has 1 heterocycles. The number of rotatable bonds is 6. The molecule has 1 aromatic carbocycles. The lowest BCUT2D eigenvalue weighted by Crippen LogP contribution is -2.34. The van der Waals surface area contributed by atoms with Gasteiger partial charge in [0.05, 0.1) is 40.9 Å². The van der Waals surface area contributed by atoms with E-state index in [9.17, 15) is 24.1 Å². The first-order valence-electron chi connectivity index (χ1n) is 8.93. The Morgan fingerprint density at radius 3 is 2.41 bits per heavy atom. The smallest absolute Gasteiger partial charge is 0.337 e. The minimum absolute atomic E-state index is 0.0636. The molecule has 0 fully saturated rings. The van der Waals surface area contributed by atoms with E-state index in [0.29, 0.717) is 16.8 Å². The van der Waals surface area contributed by atoms with Crippen LogP contribution in [0.1, 0.15) is 37.8 Å². The van der Waals surface area contributed by atoms with Crippen LogP contribution in [0.25, 0.3) is 0 Å². The molecule has 0 spiro atoms. The summed E-state index contributed by atoms with van der Waals surface area (Å²) in [5.41, 5.74) is 0.870. The molecule has 1 unspecified atom stereocenters. The normalized spacial score (nSPS) is 16.6. The zero-order valence-electron chi connectivity index (χ0n) is 16.9. The van der Waals surface area contributed by atoms with E-state index >= 15 is 0 Å². The minimum atomic E-state index is -1.08. The number of ether oxygens (including phenoxy) is 2. The van der Waals surface area contributed by atoms with Gasteiger partial charge in [0.25, 0.3) is 5.69 Å². The van der Waals surface area contributed by atoms with Crippen molar-refractivity contribution in [3.05, 3.63) is 62.0 Å². The average molecular weight is 406 g/mol. The summed E-state index contributed by atoms with van der Waals surface area (Å²) in [5, 5.41) is 14.0. The van der Waals surface area contributed by atoms with E-state index in [0.717, 1.165) is 7.11 Å². The summed E-state index contributed by atoms with van der Waals surface area (Å²) in [6.45, 7) is 5.56. The Bertz CT molecular complexity index is 920. The molecule has 1 aliphatic heterocycles. The van der Waals surface area contributed by atoms with Crippen molar-refractivity contribution >= 4 is 17.6 Å². The van der Waals surface area contributed by atoms with Crippen molar-refractivity contribution in [2.45, 2.75) is 39.7 Å². The standard InChI is InChI=1S/C20H23FN2O6/c1-10(2)29-20(25)16-12(4)22-15(9-21)18(19(24)28-5)17(16)14-8-13(23(26)27)7-6-11(14)3/h6-8,10,17,22H,9H2,1-5H3. The number of nitro groups is 1. The fourth-order valence-corrected chi connectivity index (χ4v) is 3.26. The lowest BCUT2D eigenvalue weighted by Gasteiger charge is -2.31. The van der Waals surface area contributed by atoms with Gasteiger partial charge in [-0.3, -0.25) is 10.1 Å². The Morgan fingerprint density at radius 2 is 1.90 bits per heavy atom. The van der Waals surface area contributed by atoms with E-state index in [1.165, 1.54) is 18.2 Å².